The van der Waals surface area contributed by atoms with Crippen molar-refractivity contribution in [3.05, 3.63) is 0 Å². The average Bonchev–Trinajstić information content (AvgIpc) is 2.45. The summed E-state index contributed by atoms with van der Waals surface area (Å²) in [7, 11) is 0. The highest BCUT2D eigenvalue weighted by Crippen LogP contribution is 2.13. The molecule has 1 aliphatic heterocycles. The second kappa shape index (κ2) is 9.72. The second-order valence-corrected chi connectivity index (χ2v) is 5.11. The number of nitrogens with one attached hydrogen (secondary N) is 1. The molecule has 0 spiro atoms. The Morgan fingerprint density at radius 3 is 2.85 bits per heavy atom. The van der Waals surface area contributed by atoms with Crippen LogP contribution in [0.1, 0.15) is 45.4 Å². The first-order valence-electron chi connectivity index (χ1n) is 7.32. The number of carbonyl (C=O) groups is 2. The first-order valence-corrected chi connectivity index (χ1v) is 7.32. The zero-order chi connectivity index (χ0) is 14.8. The summed E-state index contributed by atoms with van der Waals surface area (Å²) in [6.45, 7) is 3.43. The van der Waals surface area contributed by atoms with Crippen LogP contribution >= 0.6 is 0 Å². The second-order valence-electron chi connectivity index (χ2n) is 5.11. The highest BCUT2D eigenvalue weighted by molar-refractivity contribution is 5.80. The third-order valence-corrected chi connectivity index (χ3v) is 3.29. The minimum atomic E-state index is -0.805. The molecule has 0 saturated carbocycles. The summed E-state index contributed by atoms with van der Waals surface area (Å²) in [6, 6.07) is 0. The van der Waals surface area contributed by atoms with E-state index in [1.165, 1.54) is 0 Å². The smallest absolute Gasteiger partial charge is 0.303 e. The van der Waals surface area contributed by atoms with E-state index in [-0.39, 0.29) is 18.4 Å². The van der Waals surface area contributed by atoms with Crippen LogP contribution in [0.15, 0.2) is 0 Å². The summed E-state index contributed by atoms with van der Waals surface area (Å²) in [5.41, 5.74) is 0. The molecular formula is C14H25NO5. The fourth-order valence-electron chi connectivity index (χ4n) is 2.02. The largest absolute Gasteiger partial charge is 0.481 e. The molecule has 1 saturated heterocycles. The van der Waals surface area contributed by atoms with Crippen molar-refractivity contribution in [3.8, 4) is 0 Å². The van der Waals surface area contributed by atoms with Gasteiger partial charge in [-0.1, -0.05) is 0 Å². The Hall–Kier alpha value is -1.14. The zero-order valence-corrected chi connectivity index (χ0v) is 12.1. The molecule has 6 heteroatoms. The number of carboxylic acids is 1. The normalized spacial score (nSPS) is 20.4. The van der Waals surface area contributed by atoms with E-state index in [0.29, 0.717) is 26.0 Å². The van der Waals surface area contributed by atoms with E-state index >= 15 is 0 Å². The Bertz CT molecular complexity index is 302. The van der Waals surface area contributed by atoms with Gasteiger partial charge in [-0.2, -0.15) is 0 Å². The molecular weight excluding hydrogens is 262 g/mol. The van der Waals surface area contributed by atoms with Crippen LogP contribution in [0, 0.1) is 0 Å². The SMILES string of the molecule is CC(OCC1CCCCO1)C(=O)NCCCCC(=O)O. The molecule has 1 fully saturated rings. The van der Waals surface area contributed by atoms with Crippen molar-refractivity contribution in [2.45, 2.75) is 57.7 Å². The van der Waals surface area contributed by atoms with E-state index in [0.717, 1.165) is 25.9 Å². The first kappa shape index (κ1) is 16.9. The van der Waals surface area contributed by atoms with Gasteiger partial charge >= 0.3 is 5.97 Å². The van der Waals surface area contributed by atoms with Gasteiger partial charge in [0.2, 0.25) is 5.91 Å². The molecule has 0 aromatic heterocycles. The highest BCUT2D eigenvalue weighted by Gasteiger charge is 2.18. The van der Waals surface area contributed by atoms with Crippen molar-refractivity contribution in [2.75, 3.05) is 19.8 Å². The van der Waals surface area contributed by atoms with Gasteiger partial charge in [0, 0.05) is 19.6 Å². The number of carboxylic acid groups (broad SMARTS) is 1. The van der Waals surface area contributed by atoms with Crippen molar-refractivity contribution in [3.63, 3.8) is 0 Å². The highest BCUT2D eigenvalue weighted by atomic mass is 16.5. The lowest BCUT2D eigenvalue weighted by molar-refractivity contribution is -0.137. The van der Waals surface area contributed by atoms with E-state index < -0.39 is 12.1 Å². The van der Waals surface area contributed by atoms with Gasteiger partial charge in [0.25, 0.3) is 0 Å². The van der Waals surface area contributed by atoms with Crippen LogP contribution in [0.4, 0.5) is 0 Å². The topological polar surface area (TPSA) is 84.9 Å². The van der Waals surface area contributed by atoms with Gasteiger partial charge in [-0.15, -0.1) is 0 Å². The minimum Gasteiger partial charge on any atom is -0.481 e. The quantitative estimate of drug-likeness (QED) is 0.625. The molecule has 1 heterocycles. The van der Waals surface area contributed by atoms with Crippen LogP contribution in [0.25, 0.3) is 0 Å². The van der Waals surface area contributed by atoms with Crippen molar-refractivity contribution >= 4 is 11.9 Å². The summed E-state index contributed by atoms with van der Waals surface area (Å²) in [5.74, 6) is -0.961. The number of amides is 1. The molecule has 0 bridgehead atoms. The number of unbranched alkanes of at least 4 members (excludes halogenated alkanes) is 1. The summed E-state index contributed by atoms with van der Waals surface area (Å²) < 4.78 is 11.0. The molecule has 1 rings (SSSR count). The van der Waals surface area contributed by atoms with E-state index in [1.54, 1.807) is 6.92 Å². The number of carbonyl (C=O) groups excluding carboxylic acids is 1. The predicted molar refractivity (Wildman–Crippen MR) is 73.5 cm³/mol. The van der Waals surface area contributed by atoms with Crippen molar-refractivity contribution < 1.29 is 24.2 Å². The zero-order valence-electron chi connectivity index (χ0n) is 12.1. The molecule has 6 nitrogen and oxygen atoms in total. The predicted octanol–water partition coefficient (Wildman–Crippen LogP) is 1.33. The fourth-order valence-corrected chi connectivity index (χ4v) is 2.02. The van der Waals surface area contributed by atoms with Crippen LogP contribution in [0.2, 0.25) is 0 Å². The van der Waals surface area contributed by atoms with Crippen LogP contribution in [-0.2, 0) is 19.1 Å². The van der Waals surface area contributed by atoms with Crippen molar-refractivity contribution in [1.82, 2.24) is 5.32 Å². The molecule has 20 heavy (non-hydrogen) atoms. The first-order chi connectivity index (χ1) is 9.59. The molecule has 0 radical (unpaired) electrons. The molecule has 0 aromatic rings. The summed E-state index contributed by atoms with van der Waals surface area (Å²) >= 11 is 0. The summed E-state index contributed by atoms with van der Waals surface area (Å²) in [6.07, 6.45) is 4.22. The van der Waals surface area contributed by atoms with Gasteiger partial charge in [-0.05, 0) is 39.0 Å². The van der Waals surface area contributed by atoms with Crippen molar-refractivity contribution in [1.29, 1.82) is 0 Å². The minimum absolute atomic E-state index is 0.106. The maximum atomic E-state index is 11.7. The van der Waals surface area contributed by atoms with Crippen LogP contribution < -0.4 is 5.32 Å². The number of aliphatic carboxylic acids is 1. The lowest BCUT2D eigenvalue weighted by Crippen LogP contribution is -2.37. The molecule has 116 valence electrons. The van der Waals surface area contributed by atoms with Gasteiger partial charge in [0.1, 0.15) is 6.10 Å². The van der Waals surface area contributed by atoms with E-state index in [9.17, 15) is 9.59 Å². The molecule has 0 aliphatic carbocycles. The van der Waals surface area contributed by atoms with Crippen LogP contribution in [-0.4, -0.2) is 48.9 Å². The Morgan fingerprint density at radius 2 is 2.20 bits per heavy atom. The lowest BCUT2D eigenvalue weighted by Gasteiger charge is -2.23. The maximum Gasteiger partial charge on any atom is 0.303 e. The van der Waals surface area contributed by atoms with Gasteiger partial charge in [0.15, 0.2) is 0 Å². The Kier molecular flexibility index (Phi) is 8.22. The number of rotatable bonds is 9. The Morgan fingerprint density at radius 1 is 1.40 bits per heavy atom. The lowest BCUT2D eigenvalue weighted by atomic mass is 10.1. The monoisotopic (exact) mass is 287 g/mol. The summed E-state index contributed by atoms with van der Waals surface area (Å²) in [4.78, 5) is 22.0. The Balaban J connectivity index is 2.04. The van der Waals surface area contributed by atoms with Gasteiger partial charge in [-0.25, -0.2) is 0 Å². The van der Waals surface area contributed by atoms with E-state index in [4.69, 9.17) is 14.6 Å². The number of hydrogen-bond acceptors (Lipinski definition) is 4. The standard InChI is InChI=1S/C14H25NO5/c1-11(20-10-12-6-3-5-9-19-12)14(18)15-8-4-2-7-13(16)17/h11-12H,2-10H2,1H3,(H,15,18)(H,16,17). The molecule has 0 aromatic carbocycles. The van der Waals surface area contributed by atoms with Gasteiger partial charge in [-0.3, -0.25) is 9.59 Å². The summed E-state index contributed by atoms with van der Waals surface area (Å²) in [5, 5.41) is 11.2. The number of ether oxygens (including phenoxy) is 2. The van der Waals surface area contributed by atoms with Gasteiger partial charge in [0.05, 0.1) is 12.7 Å². The van der Waals surface area contributed by atoms with Gasteiger partial charge < -0.3 is 19.9 Å². The third kappa shape index (κ3) is 7.45. The molecule has 2 unspecified atom stereocenters. The molecule has 2 atom stereocenters. The third-order valence-electron chi connectivity index (χ3n) is 3.29. The maximum absolute atomic E-state index is 11.7. The van der Waals surface area contributed by atoms with E-state index in [1.807, 2.05) is 0 Å². The van der Waals surface area contributed by atoms with Crippen LogP contribution in [0.5, 0.6) is 0 Å². The average molecular weight is 287 g/mol. The van der Waals surface area contributed by atoms with Crippen molar-refractivity contribution in [2.24, 2.45) is 0 Å². The molecule has 1 aliphatic rings. The molecule has 2 N–H and O–H groups in total. The molecule has 1 amide bonds. The Labute approximate surface area is 119 Å². The van der Waals surface area contributed by atoms with E-state index in [2.05, 4.69) is 5.32 Å². The number of hydrogen-bond donors (Lipinski definition) is 2. The fraction of sp³-hybridized carbons (Fsp3) is 0.857. The van der Waals surface area contributed by atoms with Crippen LogP contribution in [0.3, 0.4) is 0 Å².